The molecule has 0 aliphatic heterocycles. The molecule has 0 bridgehead atoms. The number of ether oxygens (including phenoxy) is 1. The number of nitrogens with zero attached hydrogens (tertiary/aromatic N) is 1. The topological polar surface area (TPSA) is 46.6 Å². The van der Waals surface area contributed by atoms with E-state index < -0.39 is 5.97 Å². The van der Waals surface area contributed by atoms with Gasteiger partial charge < -0.3 is 9.64 Å². The van der Waals surface area contributed by atoms with Gasteiger partial charge >= 0.3 is 5.97 Å². The van der Waals surface area contributed by atoms with Crippen LogP contribution in [0.2, 0.25) is 0 Å². The van der Waals surface area contributed by atoms with E-state index in [1.807, 2.05) is 27.7 Å². The molecule has 1 rings (SSSR count). The van der Waals surface area contributed by atoms with E-state index >= 15 is 0 Å². The SMILES string of the molecule is CC(C)N(C(=O)COC(=O)C=Cc1ccc(F)cc1)C(C)C. The highest BCUT2D eigenvalue weighted by Gasteiger charge is 2.20. The fraction of sp³-hybridized carbons (Fsp3) is 0.412. The molecule has 0 N–H and O–H groups in total. The number of carbonyl (C=O) groups excluding carboxylic acids is 2. The summed E-state index contributed by atoms with van der Waals surface area (Å²) in [6, 6.07) is 5.78. The molecule has 1 amide bonds. The predicted octanol–water partition coefficient (Wildman–Crippen LogP) is 3.03. The Labute approximate surface area is 130 Å². The Morgan fingerprint density at radius 2 is 1.68 bits per heavy atom. The first kappa shape index (κ1) is 17.9. The Kier molecular flexibility index (Phi) is 6.76. The summed E-state index contributed by atoms with van der Waals surface area (Å²) in [5.74, 6) is -1.17. The predicted molar refractivity (Wildman–Crippen MR) is 83.5 cm³/mol. The maximum absolute atomic E-state index is 12.7. The molecule has 0 saturated heterocycles. The van der Waals surface area contributed by atoms with Crippen LogP contribution in [0.4, 0.5) is 4.39 Å². The minimum absolute atomic E-state index is 0.0426. The Bertz CT molecular complexity index is 527. The lowest BCUT2D eigenvalue weighted by atomic mass is 10.2. The first-order valence-electron chi connectivity index (χ1n) is 7.23. The number of carbonyl (C=O) groups is 2. The number of hydrogen-bond donors (Lipinski definition) is 0. The molecule has 4 nitrogen and oxygen atoms in total. The van der Waals surface area contributed by atoms with Crippen LogP contribution in [-0.2, 0) is 14.3 Å². The molecular weight excluding hydrogens is 285 g/mol. The number of benzene rings is 1. The number of hydrogen-bond acceptors (Lipinski definition) is 3. The van der Waals surface area contributed by atoms with Crippen molar-refractivity contribution in [1.29, 1.82) is 0 Å². The zero-order valence-electron chi connectivity index (χ0n) is 13.4. The lowest BCUT2D eigenvalue weighted by molar-refractivity contribution is -0.150. The average Bonchev–Trinajstić information content (AvgIpc) is 2.43. The highest BCUT2D eigenvalue weighted by Crippen LogP contribution is 2.07. The van der Waals surface area contributed by atoms with Gasteiger partial charge in [-0.05, 0) is 51.5 Å². The number of amides is 1. The summed E-state index contributed by atoms with van der Waals surface area (Å²) in [5.41, 5.74) is 0.677. The van der Waals surface area contributed by atoms with Gasteiger partial charge in [0.2, 0.25) is 0 Å². The second-order valence-corrected chi connectivity index (χ2v) is 5.48. The van der Waals surface area contributed by atoms with Gasteiger partial charge in [0.15, 0.2) is 6.61 Å². The molecular formula is C17H22FNO3. The van der Waals surface area contributed by atoms with Crippen LogP contribution < -0.4 is 0 Å². The molecule has 0 spiro atoms. The zero-order valence-corrected chi connectivity index (χ0v) is 13.4. The van der Waals surface area contributed by atoms with Crippen LogP contribution in [0.5, 0.6) is 0 Å². The minimum Gasteiger partial charge on any atom is -0.452 e. The van der Waals surface area contributed by atoms with E-state index in [1.54, 1.807) is 17.0 Å². The van der Waals surface area contributed by atoms with Crippen molar-refractivity contribution in [3.05, 3.63) is 41.7 Å². The van der Waals surface area contributed by atoms with Crippen molar-refractivity contribution >= 4 is 18.0 Å². The Morgan fingerprint density at radius 3 is 2.18 bits per heavy atom. The monoisotopic (exact) mass is 307 g/mol. The Balaban J connectivity index is 2.52. The van der Waals surface area contributed by atoms with Crippen molar-refractivity contribution in [2.45, 2.75) is 39.8 Å². The molecule has 0 saturated carbocycles. The molecule has 1 aromatic rings. The van der Waals surface area contributed by atoms with Crippen LogP contribution in [0.1, 0.15) is 33.3 Å². The quantitative estimate of drug-likeness (QED) is 0.599. The standard InChI is InChI=1S/C17H22FNO3/c1-12(2)19(13(3)4)16(20)11-22-17(21)10-7-14-5-8-15(18)9-6-14/h5-10,12-13H,11H2,1-4H3. The molecule has 1 aromatic carbocycles. The highest BCUT2D eigenvalue weighted by molar-refractivity contribution is 5.89. The van der Waals surface area contributed by atoms with E-state index in [-0.39, 0.29) is 30.4 Å². The Hall–Kier alpha value is -2.17. The van der Waals surface area contributed by atoms with Gasteiger partial charge in [-0.3, -0.25) is 4.79 Å². The van der Waals surface area contributed by atoms with Crippen molar-refractivity contribution in [3.8, 4) is 0 Å². The van der Waals surface area contributed by atoms with E-state index in [9.17, 15) is 14.0 Å². The van der Waals surface area contributed by atoms with Crippen LogP contribution in [0, 0.1) is 5.82 Å². The third-order valence-corrected chi connectivity index (χ3v) is 3.02. The van der Waals surface area contributed by atoms with Crippen molar-refractivity contribution in [2.75, 3.05) is 6.61 Å². The second kappa shape index (κ2) is 8.32. The molecule has 120 valence electrons. The molecule has 5 heteroatoms. The molecule has 0 atom stereocenters. The molecule has 0 aromatic heterocycles. The first-order chi connectivity index (χ1) is 10.3. The minimum atomic E-state index is -0.606. The van der Waals surface area contributed by atoms with Crippen LogP contribution >= 0.6 is 0 Å². The molecule has 22 heavy (non-hydrogen) atoms. The lowest BCUT2D eigenvalue weighted by Gasteiger charge is -2.30. The van der Waals surface area contributed by atoms with E-state index in [1.165, 1.54) is 24.3 Å². The van der Waals surface area contributed by atoms with Crippen molar-refractivity contribution in [1.82, 2.24) is 4.90 Å². The summed E-state index contributed by atoms with van der Waals surface area (Å²) in [6.45, 7) is 7.35. The van der Waals surface area contributed by atoms with Gasteiger partial charge in [-0.1, -0.05) is 12.1 Å². The number of rotatable bonds is 6. The van der Waals surface area contributed by atoms with Crippen LogP contribution in [0.15, 0.2) is 30.3 Å². The highest BCUT2D eigenvalue weighted by atomic mass is 19.1. The molecule has 0 fully saturated rings. The second-order valence-electron chi connectivity index (χ2n) is 5.48. The molecule has 0 radical (unpaired) electrons. The zero-order chi connectivity index (χ0) is 16.7. The fourth-order valence-corrected chi connectivity index (χ4v) is 2.17. The third kappa shape index (κ3) is 5.68. The fourth-order valence-electron chi connectivity index (χ4n) is 2.17. The smallest absolute Gasteiger partial charge is 0.331 e. The van der Waals surface area contributed by atoms with E-state index in [0.29, 0.717) is 5.56 Å². The number of halogens is 1. The van der Waals surface area contributed by atoms with Crippen molar-refractivity contribution in [3.63, 3.8) is 0 Å². The maximum atomic E-state index is 12.7. The van der Waals surface area contributed by atoms with Gasteiger partial charge in [0.1, 0.15) is 5.82 Å². The van der Waals surface area contributed by atoms with Gasteiger partial charge in [-0.2, -0.15) is 0 Å². The first-order valence-corrected chi connectivity index (χ1v) is 7.23. The average molecular weight is 307 g/mol. The third-order valence-electron chi connectivity index (χ3n) is 3.02. The Morgan fingerprint density at radius 1 is 1.14 bits per heavy atom. The summed E-state index contributed by atoms with van der Waals surface area (Å²) < 4.78 is 17.7. The van der Waals surface area contributed by atoms with Crippen LogP contribution in [0.3, 0.4) is 0 Å². The lowest BCUT2D eigenvalue weighted by Crippen LogP contribution is -2.44. The molecule has 0 aliphatic rings. The molecule has 0 heterocycles. The van der Waals surface area contributed by atoms with Gasteiger partial charge in [-0.15, -0.1) is 0 Å². The number of esters is 1. The van der Waals surface area contributed by atoms with Gasteiger partial charge in [0, 0.05) is 18.2 Å². The summed E-state index contributed by atoms with van der Waals surface area (Å²) in [5, 5.41) is 0. The largest absolute Gasteiger partial charge is 0.452 e. The molecule has 0 aliphatic carbocycles. The summed E-state index contributed by atoms with van der Waals surface area (Å²) in [6.07, 6.45) is 2.73. The maximum Gasteiger partial charge on any atom is 0.331 e. The summed E-state index contributed by atoms with van der Waals surface area (Å²) in [4.78, 5) is 25.3. The van der Waals surface area contributed by atoms with Gasteiger partial charge in [0.05, 0.1) is 0 Å². The van der Waals surface area contributed by atoms with Gasteiger partial charge in [-0.25, -0.2) is 9.18 Å². The van der Waals surface area contributed by atoms with Crippen LogP contribution in [-0.4, -0.2) is 35.5 Å². The van der Waals surface area contributed by atoms with Crippen molar-refractivity contribution < 1.29 is 18.7 Å². The van der Waals surface area contributed by atoms with E-state index in [0.717, 1.165) is 0 Å². The van der Waals surface area contributed by atoms with Gasteiger partial charge in [0.25, 0.3) is 5.91 Å². The normalized spacial score (nSPS) is 11.2. The van der Waals surface area contributed by atoms with E-state index in [4.69, 9.17) is 4.74 Å². The van der Waals surface area contributed by atoms with Crippen LogP contribution in [0.25, 0.3) is 6.08 Å². The van der Waals surface area contributed by atoms with Crippen molar-refractivity contribution in [2.24, 2.45) is 0 Å². The summed E-state index contributed by atoms with van der Waals surface area (Å²) >= 11 is 0. The van der Waals surface area contributed by atoms with E-state index in [2.05, 4.69) is 0 Å². The molecule has 0 unspecified atom stereocenters. The summed E-state index contributed by atoms with van der Waals surface area (Å²) in [7, 11) is 0.